The first-order chi connectivity index (χ1) is 12.4. The normalized spacial score (nSPS) is 14.0. The largest absolute Gasteiger partial charge is 0.497 e. The minimum Gasteiger partial charge on any atom is -0.497 e. The fourth-order valence-electron chi connectivity index (χ4n) is 2.80. The lowest BCUT2D eigenvalue weighted by molar-refractivity contribution is -0.116. The molecule has 0 atom stereocenters. The molecule has 1 heterocycles. The molecule has 1 amide bonds. The number of nitrogens with one attached hydrogen (secondary N) is 2. The van der Waals surface area contributed by atoms with Crippen molar-refractivity contribution in [1.82, 2.24) is 0 Å². The molecule has 2 aromatic carbocycles. The number of fused-ring (bicyclic) bond motifs is 1. The van der Waals surface area contributed by atoms with E-state index in [-0.39, 0.29) is 10.8 Å². The van der Waals surface area contributed by atoms with E-state index in [0.29, 0.717) is 42.1 Å². The van der Waals surface area contributed by atoms with Crippen molar-refractivity contribution in [2.75, 3.05) is 24.3 Å². The van der Waals surface area contributed by atoms with Gasteiger partial charge in [-0.05, 0) is 48.7 Å². The van der Waals surface area contributed by atoms with Crippen molar-refractivity contribution in [2.24, 2.45) is 0 Å². The number of rotatable bonds is 5. The zero-order chi connectivity index (χ0) is 18.7. The second-order valence-corrected chi connectivity index (χ2v) is 7.57. The molecule has 1 aliphatic rings. The van der Waals surface area contributed by atoms with Crippen molar-refractivity contribution in [3.63, 3.8) is 0 Å². The maximum absolute atomic E-state index is 12.8. The number of amides is 1. The Morgan fingerprint density at radius 1 is 1.04 bits per heavy atom. The van der Waals surface area contributed by atoms with Crippen molar-refractivity contribution in [1.29, 1.82) is 0 Å². The maximum atomic E-state index is 12.8. The molecule has 0 aromatic heterocycles. The number of methoxy groups -OCH3 is 2. The Morgan fingerprint density at radius 3 is 2.58 bits per heavy atom. The molecule has 0 saturated carbocycles. The van der Waals surface area contributed by atoms with Gasteiger partial charge in [0.1, 0.15) is 11.5 Å². The molecule has 0 radical (unpaired) electrons. The van der Waals surface area contributed by atoms with Gasteiger partial charge in [-0.3, -0.25) is 9.52 Å². The van der Waals surface area contributed by atoms with Gasteiger partial charge in [-0.15, -0.1) is 0 Å². The number of carbonyl (C=O) groups excluding carboxylic acids is 1. The van der Waals surface area contributed by atoms with Gasteiger partial charge in [0.2, 0.25) is 5.91 Å². The topological polar surface area (TPSA) is 93.7 Å². The first-order valence-corrected chi connectivity index (χ1v) is 9.59. The Balaban J connectivity index is 1.92. The Kier molecular flexibility index (Phi) is 5.03. The fraction of sp³-hybridized carbons (Fsp3) is 0.278. The number of anilines is 2. The van der Waals surface area contributed by atoms with Gasteiger partial charge in [0.15, 0.2) is 0 Å². The van der Waals surface area contributed by atoms with Crippen molar-refractivity contribution >= 4 is 27.3 Å². The van der Waals surface area contributed by atoms with Gasteiger partial charge in [-0.2, -0.15) is 0 Å². The number of ether oxygens (including phenoxy) is 2. The minimum absolute atomic E-state index is 0.0551. The lowest BCUT2D eigenvalue weighted by atomic mass is 10.1. The van der Waals surface area contributed by atoms with Gasteiger partial charge in [0, 0.05) is 18.2 Å². The van der Waals surface area contributed by atoms with E-state index in [1.165, 1.54) is 20.3 Å². The molecule has 0 fully saturated rings. The standard InChI is InChI=1S/C18H20N2O5S/c1-24-13-6-8-16(17(11-13)25-2)20-26(22,23)14-7-9-15-12(10-14)4-3-5-18(21)19-15/h6-11,20H,3-5H2,1-2H3,(H,19,21). The van der Waals surface area contributed by atoms with Crippen LogP contribution in [0.4, 0.5) is 11.4 Å². The molecular weight excluding hydrogens is 356 g/mol. The van der Waals surface area contributed by atoms with E-state index < -0.39 is 10.0 Å². The van der Waals surface area contributed by atoms with Crippen LogP contribution in [0.5, 0.6) is 11.5 Å². The highest BCUT2D eigenvalue weighted by Gasteiger charge is 2.20. The smallest absolute Gasteiger partial charge is 0.262 e. The van der Waals surface area contributed by atoms with Crippen LogP contribution in [-0.4, -0.2) is 28.5 Å². The number of hydrogen-bond acceptors (Lipinski definition) is 5. The molecule has 0 aliphatic carbocycles. The lowest BCUT2D eigenvalue weighted by Crippen LogP contribution is -2.14. The third kappa shape index (κ3) is 3.75. The van der Waals surface area contributed by atoms with E-state index >= 15 is 0 Å². The highest BCUT2D eigenvalue weighted by Crippen LogP contribution is 2.32. The van der Waals surface area contributed by atoms with Gasteiger partial charge in [-0.1, -0.05) is 0 Å². The van der Waals surface area contributed by atoms with Crippen molar-refractivity contribution in [3.8, 4) is 11.5 Å². The minimum atomic E-state index is -3.81. The molecule has 0 bridgehead atoms. The third-order valence-electron chi connectivity index (χ3n) is 4.16. The van der Waals surface area contributed by atoms with Crippen LogP contribution in [0.3, 0.4) is 0 Å². The molecule has 2 N–H and O–H groups in total. The van der Waals surface area contributed by atoms with Crippen LogP contribution >= 0.6 is 0 Å². The summed E-state index contributed by atoms with van der Waals surface area (Å²) in [6.07, 6.45) is 1.75. The predicted molar refractivity (Wildman–Crippen MR) is 98.4 cm³/mol. The van der Waals surface area contributed by atoms with Gasteiger partial charge in [0.25, 0.3) is 10.0 Å². The number of sulfonamides is 1. The molecule has 0 spiro atoms. The zero-order valence-electron chi connectivity index (χ0n) is 14.5. The Labute approximate surface area is 152 Å². The molecule has 8 heteroatoms. The van der Waals surface area contributed by atoms with Crippen molar-refractivity contribution in [3.05, 3.63) is 42.0 Å². The summed E-state index contributed by atoms with van der Waals surface area (Å²) >= 11 is 0. The van der Waals surface area contributed by atoms with Crippen LogP contribution < -0.4 is 19.5 Å². The van der Waals surface area contributed by atoms with E-state index in [2.05, 4.69) is 10.0 Å². The average molecular weight is 376 g/mol. The van der Waals surface area contributed by atoms with Crippen molar-refractivity contribution in [2.45, 2.75) is 24.2 Å². The third-order valence-corrected chi connectivity index (χ3v) is 5.53. The van der Waals surface area contributed by atoms with Gasteiger partial charge >= 0.3 is 0 Å². The summed E-state index contributed by atoms with van der Waals surface area (Å²) < 4.78 is 38.4. The second kappa shape index (κ2) is 7.25. The van der Waals surface area contributed by atoms with Crippen LogP contribution in [0.2, 0.25) is 0 Å². The van der Waals surface area contributed by atoms with E-state index in [1.54, 1.807) is 30.3 Å². The average Bonchev–Trinajstić information content (AvgIpc) is 2.81. The summed E-state index contributed by atoms with van der Waals surface area (Å²) in [5, 5.41) is 2.79. The molecule has 138 valence electrons. The molecule has 0 unspecified atom stereocenters. The Hall–Kier alpha value is -2.74. The molecule has 7 nitrogen and oxygen atoms in total. The summed E-state index contributed by atoms with van der Waals surface area (Å²) in [4.78, 5) is 11.8. The number of carbonyl (C=O) groups is 1. The van der Waals surface area contributed by atoms with Crippen LogP contribution in [0.1, 0.15) is 18.4 Å². The van der Waals surface area contributed by atoms with Gasteiger partial charge in [-0.25, -0.2) is 8.42 Å². The number of hydrogen-bond donors (Lipinski definition) is 2. The monoisotopic (exact) mass is 376 g/mol. The number of benzene rings is 2. The zero-order valence-corrected chi connectivity index (χ0v) is 15.4. The fourth-order valence-corrected chi connectivity index (χ4v) is 3.93. The van der Waals surface area contributed by atoms with Gasteiger partial charge in [0.05, 0.1) is 24.8 Å². The summed E-state index contributed by atoms with van der Waals surface area (Å²) in [6, 6.07) is 9.52. The van der Waals surface area contributed by atoms with Crippen molar-refractivity contribution < 1.29 is 22.7 Å². The summed E-state index contributed by atoms with van der Waals surface area (Å²) in [7, 11) is -0.831. The van der Waals surface area contributed by atoms with E-state index in [4.69, 9.17) is 9.47 Å². The maximum Gasteiger partial charge on any atom is 0.262 e. The lowest BCUT2D eigenvalue weighted by Gasteiger charge is -2.14. The summed E-state index contributed by atoms with van der Waals surface area (Å²) in [5.74, 6) is 0.862. The number of aryl methyl sites for hydroxylation is 1. The first kappa shape index (κ1) is 18.1. The summed E-state index contributed by atoms with van der Waals surface area (Å²) in [5.41, 5.74) is 1.78. The molecule has 26 heavy (non-hydrogen) atoms. The van der Waals surface area contributed by atoms with E-state index in [0.717, 1.165) is 5.56 Å². The highest BCUT2D eigenvalue weighted by atomic mass is 32.2. The van der Waals surface area contributed by atoms with E-state index in [1.807, 2.05) is 0 Å². The highest BCUT2D eigenvalue weighted by molar-refractivity contribution is 7.92. The van der Waals surface area contributed by atoms with E-state index in [9.17, 15) is 13.2 Å². The summed E-state index contributed by atoms with van der Waals surface area (Å²) in [6.45, 7) is 0. The first-order valence-electron chi connectivity index (χ1n) is 8.10. The van der Waals surface area contributed by atoms with Crippen LogP contribution in [-0.2, 0) is 21.2 Å². The molecule has 1 aliphatic heterocycles. The van der Waals surface area contributed by atoms with Crippen LogP contribution in [0.15, 0.2) is 41.3 Å². The molecular formula is C18H20N2O5S. The molecule has 3 rings (SSSR count). The Bertz CT molecular complexity index is 941. The van der Waals surface area contributed by atoms with Crippen LogP contribution in [0, 0.1) is 0 Å². The molecule has 0 saturated heterocycles. The van der Waals surface area contributed by atoms with Gasteiger partial charge < -0.3 is 14.8 Å². The Morgan fingerprint density at radius 2 is 1.85 bits per heavy atom. The quantitative estimate of drug-likeness (QED) is 0.837. The molecule has 2 aromatic rings. The second-order valence-electron chi connectivity index (χ2n) is 5.89. The van der Waals surface area contributed by atoms with Crippen LogP contribution in [0.25, 0.3) is 0 Å². The SMILES string of the molecule is COc1ccc(NS(=O)(=O)c2ccc3c(c2)CCCC(=O)N3)c(OC)c1. The predicted octanol–water partition coefficient (Wildman–Crippen LogP) is 2.78.